The Hall–Kier alpha value is -1.35. The summed E-state index contributed by atoms with van der Waals surface area (Å²) in [5, 5.41) is 10.0. The van der Waals surface area contributed by atoms with Crippen molar-refractivity contribution in [2.24, 2.45) is 5.92 Å². The Labute approximate surface area is 114 Å². The fraction of sp³-hybridized carbons (Fsp3) is 0.562. The first-order chi connectivity index (χ1) is 9.27. The second-order valence-electron chi connectivity index (χ2n) is 5.69. The summed E-state index contributed by atoms with van der Waals surface area (Å²) in [6.07, 6.45) is 5.89. The fourth-order valence-electron chi connectivity index (χ4n) is 3.34. The molecule has 0 aromatic heterocycles. The maximum absolute atomic E-state index is 12.7. The van der Waals surface area contributed by atoms with Gasteiger partial charge in [-0.25, -0.2) is 0 Å². The minimum Gasteiger partial charge on any atom is -0.388 e. The molecule has 3 nitrogen and oxygen atoms in total. The first-order valence-electron chi connectivity index (χ1n) is 7.36. The topological polar surface area (TPSA) is 40.5 Å². The SMILES string of the molecule is O=C(C1CCCCC1)N1CCC(O)c2ccccc21. The number of fused-ring (bicyclic) bond motifs is 1. The molecule has 1 heterocycles. The predicted octanol–water partition coefficient (Wildman–Crippen LogP) is 3.04. The molecule has 0 bridgehead atoms. The lowest BCUT2D eigenvalue weighted by molar-refractivity contribution is -0.123. The minimum absolute atomic E-state index is 0.192. The molecule has 1 atom stereocenters. The summed E-state index contributed by atoms with van der Waals surface area (Å²) >= 11 is 0. The Bertz CT molecular complexity index is 466. The van der Waals surface area contributed by atoms with Gasteiger partial charge in [0.05, 0.1) is 6.10 Å². The van der Waals surface area contributed by atoms with Crippen LogP contribution in [-0.2, 0) is 4.79 Å². The van der Waals surface area contributed by atoms with Gasteiger partial charge >= 0.3 is 0 Å². The summed E-state index contributed by atoms with van der Waals surface area (Å²) in [5.74, 6) is 0.455. The molecule has 1 unspecified atom stereocenters. The van der Waals surface area contributed by atoms with E-state index in [4.69, 9.17) is 0 Å². The third-order valence-electron chi connectivity index (χ3n) is 4.43. The van der Waals surface area contributed by atoms with Crippen LogP contribution in [0.5, 0.6) is 0 Å². The molecule has 2 aliphatic rings. The molecule has 1 aromatic rings. The maximum atomic E-state index is 12.7. The van der Waals surface area contributed by atoms with Crippen LogP contribution in [0.3, 0.4) is 0 Å². The molecular weight excluding hydrogens is 238 g/mol. The van der Waals surface area contributed by atoms with Crippen molar-refractivity contribution in [2.75, 3.05) is 11.4 Å². The van der Waals surface area contributed by atoms with Gasteiger partial charge in [-0.15, -0.1) is 0 Å². The predicted molar refractivity (Wildman–Crippen MR) is 74.9 cm³/mol. The van der Waals surface area contributed by atoms with Gasteiger partial charge in [0.25, 0.3) is 0 Å². The van der Waals surface area contributed by atoms with Gasteiger partial charge in [-0.2, -0.15) is 0 Å². The van der Waals surface area contributed by atoms with E-state index in [9.17, 15) is 9.90 Å². The fourth-order valence-corrected chi connectivity index (χ4v) is 3.34. The second-order valence-corrected chi connectivity index (χ2v) is 5.69. The van der Waals surface area contributed by atoms with Crippen LogP contribution in [0, 0.1) is 5.92 Å². The number of anilines is 1. The van der Waals surface area contributed by atoms with Gasteiger partial charge in [0.2, 0.25) is 5.91 Å². The average molecular weight is 259 g/mol. The van der Waals surface area contributed by atoms with Crippen LogP contribution in [0.25, 0.3) is 0 Å². The van der Waals surface area contributed by atoms with E-state index in [1.165, 1.54) is 19.3 Å². The molecule has 1 aliphatic carbocycles. The summed E-state index contributed by atoms with van der Waals surface area (Å²) in [7, 11) is 0. The Morgan fingerprint density at radius 2 is 1.84 bits per heavy atom. The number of nitrogens with zero attached hydrogens (tertiary/aromatic N) is 1. The molecule has 1 N–H and O–H groups in total. The van der Waals surface area contributed by atoms with E-state index in [1.54, 1.807) is 0 Å². The van der Waals surface area contributed by atoms with Gasteiger partial charge in [0, 0.05) is 23.7 Å². The van der Waals surface area contributed by atoms with Gasteiger partial charge < -0.3 is 10.0 Å². The van der Waals surface area contributed by atoms with E-state index in [0.29, 0.717) is 13.0 Å². The maximum Gasteiger partial charge on any atom is 0.230 e. The molecule has 3 rings (SSSR count). The normalized spacial score (nSPS) is 24.1. The first kappa shape index (κ1) is 12.7. The Morgan fingerprint density at radius 3 is 2.63 bits per heavy atom. The van der Waals surface area contributed by atoms with Crippen molar-refractivity contribution in [3.05, 3.63) is 29.8 Å². The highest BCUT2D eigenvalue weighted by Gasteiger charge is 2.31. The zero-order valence-corrected chi connectivity index (χ0v) is 11.2. The molecule has 0 spiro atoms. The van der Waals surface area contributed by atoms with E-state index in [2.05, 4.69) is 0 Å². The van der Waals surface area contributed by atoms with Crippen molar-refractivity contribution in [1.82, 2.24) is 0 Å². The van der Waals surface area contributed by atoms with Crippen LogP contribution in [0.15, 0.2) is 24.3 Å². The molecule has 102 valence electrons. The van der Waals surface area contributed by atoms with Gasteiger partial charge in [0.15, 0.2) is 0 Å². The van der Waals surface area contributed by atoms with Crippen molar-refractivity contribution in [3.8, 4) is 0 Å². The lowest BCUT2D eigenvalue weighted by atomic mass is 9.87. The highest BCUT2D eigenvalue weighted by atomic mass is 16.3. The second kappa shape index (κ2) is 5.33. The Kier molecular flexibility index (Phi) is 3.56. The molecule has 0 saturated heterocycles. The summed E-state index contributed by atoms with van der Waals surface area (Å²) in [4.78, 5) is 14.6. The monoisotopic (exact) mass is 259 g/mol. The number of hydrogen-bond donors (Lipinski definition) is 1. The Morgan fingerprint density at radius 1 is 1.11 bits per heavy atom. The number of rotatable bonds is 1. The quantitative estimate of drug-likeness (QED) is 0.842. The van der Waals surface area contributed by atoms with E-state index >= 15 is 0 Å². The molecule has 1 fully saturated rings. The van der Waals surface area contributed by atoms with Gasteiger partial charge in [-0.05, 0) is 25.3 Å². The van der Waals surface area contributed by atoms with Gasteiger partial charge in [-0.3, -0.25) is 4.79 Å². The number of amides is 1. The molecular formula is C16H21NO2. The number of benzene rings is 1. The molecule has 1 saturated carbocycles. The van der Waals surface area contributed by atoms with Crippen molar-refractivity contribution >= 4 is 11.6 Å². The molecule has 1 aliphatic heterocycles. The van der Waals surface area contributed by atoms with Crippen molar-refractivity contribution in [2.45, 2.75) is 44.6 Å². The van der Waals surface area contributed by atoms with E-state index < -0.39 is 6.10 Å². The molecule has 19 heavy (non-hydrogen) atoms. The standard InChI is InChI=1S/C16H21NO2/c18-15-10-11-17(14-9-5-4-8-13(14)15)16(19)12-6-2-1-3-7-12/h4-5,8-9,12,15,18H,1-3,6-7,10-11H2. The lowest BCUT2D eigenvalue weighted by Crippen LogP contribution is -2.41. The number of hydrogen-bond acceptors (Lipinski definition) is 2. The number of carbonyl (C=O) groups is 1. The number of carbonyl (C=O) groups excluding carboxylic acids is 1. The molecule has 1 amide bonds. The average Bonchev–Trinajstić information content (AvgIpc) is 2.48. The smallest absolute Gasteiger partial charge is 0.230 e. The highest BCUT2D eigenvalue weighted by Crippen LogP contribution is 2.36. The zero-order valence-electron chi connectivity index (χ0n) is 11.2. The van der Waals surface area contributed by atoms with Crippen molar-refractivity contribution in [1.29, 1.82) is 0 Å². The zero-order chi connectivity index (χ0) is 13.2. The van der Waals surface area contributed by atoms with Gasteiger partial charge in [-0.1, -0.05) is 37.5 Å². The Balaban J connectivity index is 1.85. The number of para-hydroxylation sites is 1. The third kappa shape index (κ3) is 2.39. The van der Waals surface area contributed by atoms with E-state index in [0.717, 1.165) is 24.1 Å². The first-order valence-corrected chi connectivity index (χ1v) is 7.36. The van der Waals surface area contributed by atoms with Crippen LogP contribution < -0.4 is 4.90 Å². The molecule has 0 radical (unpaired) electrons. The lowest BCUT2D eigenvalue weighted by Gasteiger charge is -2.35. The van der Waals surface area contributed by atoms with Crippen molar-refractivity contribution in [3.63, 3.8) is 0 Å². The van der Waals surface area contributed by atoms with Crippen LogP contribution in [-0.4, -0.2) is 17.6 Å². The summed E-state index contributed by atoms with van der Waals surface area (Å²) in [6, 6.07) is 7.76. The molecule has 1 aromatic carbocycles. The van der Waals surface area contributed by atoms with E-state index in [-0.39, 0.29) is 11.8 Å². The molecule has 3 heteroatoms. The van der Waals surface area contributed by atoms with Crippen LogP contribution in [0.4, 0.5) is 5.69 Å². The van der Waals surface area contributed by atoms with Crippen molar-refractivity contribution < 1.29 is 9.90 Å². The summed E-state index contributed by atoms with van der Waals surface area (Å²) in [6.45, 7) is 0.646. The number of aliphatic hydroxyl groups excluding tert-OH is 1. The number of aliphatic hydroxyl groups is 1. The van der Waals surface area contributed by atoms with Gasteiger partial charge in [0.1, 0.15) is 0 Å². The van der Waals surface area contributed by atoms with E-state index in [1.807, 2.05) is 29.2 Å². The summed E-state index contributed by atoms with van der Waals surface area (Å²) < 4.78 is 0. The van der Waals surface area contributed by atoms with Crippen LogP contribution >= 0.6 is 0 Å². The van der Waals surface area contributed by atoms with Crippen LogP contribution in [0.1, 0.15) is 50.2 Å². The largest absolute Gasteiger partial charge is 0.388 e. The highest BCUT2D eigenvalue weighted by molar-refractivity contribution is 5.96. The third-order valence-corrected chi connectivity index (χ3v) is 4.43. The van der Waals surface area contributed by atoms with Crippen LogP contribution in [0.2, 0.25) is 0 Å². The summed E-state index contributed by atoms with van der Waals surface area (Å²) in [5.41, 5.74) is 1.81. The minimum atomic E-state index is -0.424.